The first-order chi connectivity index (χ1) is 8.15. The average molecular weight is 257 g/mol. The van der Waals surface area contributed by atoms with E-state index in [-0.39, 0.29) is 12.4 Å². The summed E-state index contributed by atoms with van der Waals surface area (Å²) in [6.07, 6.45) is 2.51. The number of nitrogens with two attached hydrogens (primary N) is 1. The lowest BCUT2D eigenvalue weighted by Gasteiger charge is -2.11. The van der Waals surface area contributed by atoms with Crippen LogP contribution in [-0.2, 0) is 16.1 Å². The van der Waals surface area contributed by atoms with Gasteiger partial charge in [0.15, 0.2) is 0 Å². The predicted molar refractivity (Wildman–Crippen MR) is 67.2 cm³/mol. The molecular weight excluding hydrogens is 241 g/mol. The van der Waals surface area contributed by atoms with Gasteiger partial charge in [0, 0.05) is 5.56 Å². The molecule has 0 aliphatic carbocycles. The SMILES string of the molecule is CSCC[C@@H](N)C(=O)OCc1ccccc1F. The van der Waals surface area contributed by atoms with Crippen molar-refractivity contribution in [1.29, 1.82) is 0 Å². The Kier molecular flexibility index (Phi) is 6.00. The molecule has 0 fully saturated rings. The molecule has 0 radical (unpaired) electrons. The first-order valence-electron chi connectivity index (χ1n) is 5.29. The second kappa shape index (κ2) is 7.29. The number of benzene rings is 1. The molecule has 1 atom stereocenters. The summed E-state index contributed by atoms with van der Waals surface area (Å²) < 4.78 is 18.2. The lowest BCUT2D eigenvalue weighted by Crippen LogP contribution is -2.32. The Morgan fingerprint density at radius 1 is 1.53 bits per heavy atom. The van der Waals surface area contributed by atoms with Crippen LogP contribution in [0.15, 0.2) is 24.3 Å². The Hall–Kier alpha value is -1.07. The van der Waals surface area contributed by atoms with E-state index in [1.807, 2.05) is 6.26 Å². The van der Waals surface area contributed by atoms with E-state index in [0.29, 0.717) is 12.0 Å². The van der Waals surface area contributed by atoms with Gasteiger partial charge in [0.05, 0.1) is 0 Å². The van der Waals surface area contributed by atoms with Crippen molar-refractivity contribution in [3.63, 3.8) is 0 Å². The summed E-state index contributed by atoms with van der Waals surface area (Å²) in [6.45, 7) is -0.0710. The third kappa shape index (κ3) is 4.75. The fourth-order valence-corrected chi connectivity index (χ4v) is 1.72. The second-order valence-corrected chi connectivity index (χ2v) is 4.57. The summed E-state index contributed by atoms with van der Waals surface area (Å²) in [4.78, 5) is 11.5. The summed E-state index contributed by atoms with van der Waals surface area (Å²) in [5, 5.41) is 0. The normalized spacial score (nSPS) is 12.2. The largest absolute Gasteiger partial charge is 0.460 e. The molecule has 1 aromatic rings. The molecule has 0 amide bonds. The van der Waals surface area contributed by atoms with Crippen molar-refractivity contribution in [3.8, 4) is 0 Å². The van der Waals surface area contributed by atoms with Crippen LogP contribution in [0, 0.1) is 5.82 Å². The topological polar surface area (TPSA) is 52.3 Å². The Morgan fingerprint density at radius 2 is 2.24 bits per heavy atom. The van der Waals surface area contributed by atoms with Crippen molar-refractivity contribution in [3.05, 3.63) is 35.6 Å². The average Bonchev–Trinajstić information content (AvgIpc) is 2.34. The van der Waals surface area contributed by atoms with E-state index >= 15 is 0 Å². The molecule has 0 heterocycles. The second-order valence-electron chi connectivity index (χ2n) is 3.59. The fraction of sp³-hybridized carbons (Fsp3) is 0.417. The molecule has 0 aromatic heterocycles. The summed E-state index contributed by atoms with van der Waals surface area (Å²) in [5.74, 6) is -0.0593. The van der Waals surface area contributed by atoms with Crippen LogP contribution in [0.2, 0.25) is 0 Å². The molecule has 2 N–H and O–H groups in total. The van der Waals surface area contributed by atoms with Crippen LogP contribution < -0.4 is 5.73 Å². The maximum Gasteiger partial charge on any atom is 0.323 e. The maximum absolute atomic E-state index is 13.2. The van der Waals surface area contributed by atoms with E-state index in [4.69, 9.17) is 10.5 Å². The highest BCUT2D eigenvalue weighted by molar-refractivity contribution is 7.98. The summed E-state index contributed by atoms with van der Waals surface area (Å²) in [6, 6.07) is 5.56. The van der Waals surface area contributed by atoms with Crippen molar-refractivity contribution in [2.24, 2.45) is 5.73 Å². The van der Waals surface area contributed by atoms with Crippen molar-refractivity contribution in [2.45, 2.75) is 19.1 Å². The van der Waals surface area contributed by atoms with E-state index in [9.17, 15) is 9.18 Å². The molecule has 1 aromatic carbocycles. The van der Waals surface area contributed by atoms with Crippen LogP contribution in [0.25, 0.3) is 0 Å². The Morgan fingerprint density at radius 3 is 2.88 bits per heavy atom. The highest BCUT2D eigenvalue weighted by Crippen LogP contribution is 2.08. The minimum atomic E-state index is -0.630. The molecule has 94 valence electrons. The molecule has 0 bridgehead atoms. The lowest BCUT2D eigenvalue weighted by molar-refractivity contribution is -0.146. The van der Waals surface area contributed by atoms with Crippen LogP contribution in [0.3, 0.4) is 0 Å². The molecule has 0 saturated heterocycles. The fourth-order valence-electron chi connectivity index (χ4n) is 1.23. The molecule has 0 spiro atoms. The Balaban J connectivity index is 2.40. The van der Waals surface area contributed by atoms with Crippen LogP contribution >= 0.6 is 11.8 Å². The number of ether oxygens (including phenoxy) is 1. The van der Waals surface area contributed by atoms with E-state index in [2.05, 4.69) is 0 Å². The van der Waals surface area contributed by atoms with Gasteiger partial charge >= 0.3 is 5.97 Å². The number of thioether (sulfide) groups is 1. The van der Waals surface area contributed by atoms with E-state index < -0.39 is 12.0 Å². The molecule has 0 saturated carbocycles. The standard InChI is InChI=1S/C12H16FNO2S/c1-17-7-6-11(14)12(15)16-8-9-4-2-3-5-10(9)13/h2-5,11H,6-8,14H2,1H3/t11-/m1/s1. The zero-order valence-electron chi connectivity index (χ0n) is 9.69. The van der Waals surface area contributed by atoms with Crippen LogP contribution in [0.4, 0.5) is 4.39 Å². The van der Waals surface area contributed by atoms with Gasteiger partial charge in [-0.15, -0.1) is 0 Å². The molecule has 1 rings (SSSR count). The van der Waals surface area contributed by atoms with Gasteiger partial charge in [-0.3, -0.25) is 4.79 Å². The van der Waals surface area contributed by atoms with Gasteiger partial charge in [0.1, 0.15) is 18.5 Å². The predicted octanol–water partition coefficient (Wildman–Crippen LogP) is 1.95. The maximum atomic E-state index is 13.2. The first kappa shape index (κ1) is 14.0. The molecule has 0 unspecified atom stereocenters. The van der Waals surface area contributed by atoms with Crippen LogP contribution in [0.1, 0.15) is 12.0 Å². The van der Waals surface area contributed by atoms with Crippen molar-refractivity contribution < 1.29 is 13.9 Å². The van der Waals surface area contributed by atoms with Gasteiger partial charge < -0.3 is 10.5 Å². The molecular formula is C12H16FNO2S. The van der Waals surface area contributed by atoms with Crippen LogP contribution in [-0.4, -0.2) is 24.0 Å². The van der Waals surface area contributed by atoms with Gasteiger partial charge in [0.2, 0.25) is 0 Å². The van der Waals surface area contributed by atoms with Gasteiger partial charge in [-0.25, -0.2) is 4.39 Å². The van der Waals surface area contributed by atoms with Crippen molar-refractivity contribution in [2.75, 3.05) is 12.0 Å². The minimum absolute atomic E-state index is 0.0710. The zero-order chi connectivity index (χ0) is 12.7. The van der Waals surface area contributed by atoms with Crippen molar-refractivity contribution in [1.82, 2.24) is 0 Å². The summed E-state index contributed by atoms with van der Waals surface area (Å²) in [7, 11) is 0. The smallest absolute Gasteiger partial charge is 0.323 e. The van der Waals surface area contributed by atoms with E-state index in [1.165, 1.54) is 6.07 Å². The highest BCUT2D eigenvalue weighted by atomic mass is 32.2. The highest BCUT2D eigenvalue weighted by Gasteiger charge is 2.15. The first-order valence-corrected chi connectivity index (χ1v) is 6.69. The molecule has 5 heteroatoms. The number of hydrogen-bond acceptors (Lipinski definition) is 4. The van der Waals surface area contributed by atoms with E-state index in [0.717, 1.165) is 5.75 Å². The van der Waals surface area contributed by atoms with Gasteiger partial charge in [0.25, 0.3) is 0 Å². The molecule has 3 nitrogen and oxygen atoms in total. The molecule has 0 aliphatic heterocycles. The number of esters is 1. The number of rotatable bonds is 6. The number of carbonyl (C=O) groups excluding carboxylic acids is 1. The summed E-state index contributed by atoms with van der Waals surface area (Å²) >= 11 is 1.62. The zero-order valence-corrected chi connectivity index (χ0v) is 10.5. The van der Waals surface area contributed by atoms with Crippen molar-refractivity contribution >= 4 is 17.7 Å². The van der Waals surface area contributed by atoms with Gasteiger partial charge in [-0.05, 0) is 24.5 Å². The lowest BCUT2D eigenvalue weighted by atomic mass is 10.2. The third-order valence-corrected chi connectivity index (χ3v) is 2.91. The van der Waals surface area contributed by atoms with Gasteiger partial charge in [-0.2, -0.15) is 11.8 Å². The summed E-state index contributed by atoms with van der Waals surface area (Å²) in [5.41, 5.74) is 5.98. The van der Waals surface area contributed by atoms with E-state index in [1.54, 1.807) is 30.0 Å². The number of hydrogen-bond donors (Lipinski definition) is 1. The third-order valence-electron chi connectivity index (χ3n) is 2.26. The van der Waals surface area contributed by atoms with Gasteiger partial charge in [-0.1, -0.05) is 18.2 Å². The Labute approximate surface area is 105 Å². The quantitative estimate of drug-likeness (QED) is 0.791. The molecule has 17 heavy (non-hydrogen) atoms. The Bertz CT molecular complexity index is 373. The van der Waals surface area contributed by atoms with Crippen LogP contribution in [0.5, 0.6) is 0 Å². The number of carbonyl (C=O) groups is 1. The molecule has 0 aliphatic rings. The number of halogens is 1. The minimum Gasteiger partial charge on any atom is -0.460 e. The monoisotopic (exact) mass is 257 g/mol.